The Bertz CT molecular complexity index is 203. The molecule has 0 heterocycles. The van der Waals surface area contributed by atoms with Crippen molar-refractivity contribution in [1.82, 2.24) is 5.32 Å². The van der Waals surface area contributed by atoms with E-state index in [0.29, 0.717) is 0 Å². The first-order valence-corrected chi connectivity index (χ1v) is 3.49. The fourth-order valence-corrected chi connectivity index (χ4v) is 0.504. The van der Waals surface area contributed by atoms with Crippen LogP contribution in [0, 0.1) is 0 Å². The molecule has 0 bridgehead atoms. The van der Waals surface area contributed by atoms with E-state index in [9.17, 15) is 9.59 Å². The van der Waals surface area contributed by atoms with Crippen LogP contribution < -0.4 is 5.32 Å². The average Bonchev–Trinajstić information content (AvgIpc) is 2.10. The molecule has 0 unspecified atom stereocenters. The van der Waals surface area contributed by atoms with Gasteiger partial charge >= 0.3 is 12.1 Å². The Morgan fingerprint density at radius 2 is 2.23 bits per heavy atom. The van der Waals surface area contributed by atoms with E-state index in [1.54, 1.807) is 0 Å². The van der Waals surface area contributed by atoms with Crippen molar-refractivity contribution in [1.29, 1.82) is 0 Å². The van der Waals surface area contributed by atoms with Gasteiger partial charge in [-0.3, -0.25) is 0 Å². The molecule has 0 aromatic rings. The summed E-state index contributed by atoms with van der Waals surface area (Å²) in [6.07, 6.45) is 0.440. The Morgan fingerprint density at radius 1 is 1.62 bits per heavy atom. The lowest BCUT2D eigenvalue weighted by atomic mass is 10.3. The zero-order chi connectivity index (χ0) is 10.3. The van der Waals surface area contributed by atoms with Crippen molar-refractivity contribution in [3.63, 3.8) is 0 Å². The fourth-order valence-electron chi connectivity index (χ4n) is 0.504. The normalized spacial score (nSPS) is 11.5. The third-order valence-electron chi connectivity index (χ3n) is 1.11. The van der Waals surface area contributed by atoms with E-state index in [2.05, 4.69) is 11.3 Å². The molecule has 0 rings (SSSR count). The van der Waals surface area contributed by atoms with Crippen molar-refractivity contribution >= 4 is 12.1 Å². The molecule has 0 fully saturated rings. The summed E-state index contributed by atoms with van der Waals surface area (Å²) in [5, 5.41) is 18.8. The van der Waals surface area contributed by atoms with Crippen molar-refractivity contribution in [2.75, 3.05) is 13.2 Å². The molecule has 0 aliphatic rings. The molecule has 13 heavy (non-hydrogen) atoms. The molecule has 0 spiro atoms. The number of carbonyl (C=O) groups excluding carboxylic acids is 1. The Balaban J connectivity index is 3.86. The van der Waals surface area contributed by atoms with Gasteiger partial charge in [-0.2, -0.15) is 0 Å². The van der Waals surface area contributed by atoms with Gasteiger partial charge in [0.25, 0.3) is 0 Å². The first-order chi connectivity index (χ1) is 6.11. The molecule has 6 nitrogen and oxygen atoms in total. The number of amides is 1. The van der Waals surface area contributed by atoms with Gasteiger partial charge in [0.1, 0.15) is 6.61 Å². The fraction of sp³-hybridized carbons (Fsp3) is 0.429. The minimum absolute atomic E-state index is 0.0103. The maximum atomic E-state index is 10.7. The summed E-state index contributed by atoms with van der Waals surface area (Å²) in [7, 11) is 0. The number of alkyl carbamates (subject to hydrolysis) is 1. The zero-order valence-electron chi connectivity index (χ0n) is 6.90. The molecular formula is C7H11NO5. The van der Waals surface area contributed by atoms with E-state index >= 15 is 0 Å². The van der Waals surface area contributed by atoms with Gasteiger partial charge in [0, 0.05) is 0 Å². The van der Waals surface area contributed by atoms with E-state index in [4.69, 9.17) is 10.2 Å². The summed E-state index contributed by atoms with van der Waals surface area (Å²) in [6.45, 7) is 2.60. The van der Waals surface area contributed by atoms with Gasteiger partial charge in [-0.25, -0.2) is 9.59 Å². The van der Waals surface area contributed by atoms with Crippen LogP contribution in [0.1, 0.15) is 0 Å². The van der Waals surface area contributed by atoms with Gasteiger partial charge < -0.3 is 20.3 Å². The smallest absolute Gasteiger partial charge is 0.408 e. The molecule has 6 heteroatoms. The van der Waals surface area contributed by atoms with Crippen LogP contribution in [0.15, 0.2) is 12.7 Å². The molecule has 0 aliphatic heterocycles. The summed E-state index contributed by atoms with van der Waals surface area (Å²) >= 11 is 0. The molecule has 0 saturated carbocycles. The summed E-state index contributed by atoms with van der Waals surface area (Å²) in [4.78, 5) is 21.0. The largest absolute Gasteiger partial charge is 0.480 e. The van der Waals surface area contributed by atoms with E-state index in [1.165, 1.54) is 6.08 Å². The van der Waals surface area contributed by atoms with Crippen LogP contribution in [0.25, 0.3) is 0 Å². The lowest BCUT2D eigenvalue weighted by molar-refractivity contribution is -0.140. The maximum absolute atomic E-state index is 10.7. The predicted molar refractivity (Wildman–Crippen MR) is 43.2 cm³/mol. The monoisotopic (exact) mass is 189 g/mol. The van der Waals surface area contributed by atoms with E-state index < -0.39 is 24.7 Å². The minimum Gasteiger partial charge on any atom is -0.480 e. The van der Waals surface area contributed by atoms with Crippen LogP contribution in [0.2, 0.25) is 0 Å². The highest BCUT2D eigenvalue weighted by Gasteiger charge is 2.18. The molecule has 74 valence electrons. The number of carboxylic acid groups (broad SMARTS) is 1. The van der Waals surface area contributed by atoms with Gasteiger partial charge in [-0.15, -0.1) is 0 Å². The van der Waals surface area contributed by atoms with Crippen molar-refractivity contribution in [2.24, 2.45) is 0 Å². The predicted octanol–water partition coefficient (Wildman–Crippen LogP) is -0.656. The highest BCUT2D eigenvalue weighted by molar-refractivity contribution is 5.79. The minimum atomic E-state index is -1.34. The second kappa shape index (κ2) is 6.01. The maximum Gasteiger partial charge on any atom is 0.408 e. The highest BCUT2D eigenvalue weighted by Crippen LogP contribution is 1.85. The van der Waals surface area contributed by atoms with Gasteiger partial charge in [-0.05, 0) is 0 Å². The quantitative estimate of drug-likeness (QED) is 0.499. The summed E-state index contributed by atoms with van der Waals surface area (Å²) in [5.74, 6) is -1.32. The van der Waals surface area contributed by atoms with Crippen LogP contribution >= 0.6 is 0 Å². The van der Waals surface area contributed by atoms with Gasteiger partial charge in [-0.1, -0.05) is 12.7 Å². The van der Waals surface area contributed by atoms with Gasteiger partial charge in [0.2, 0.25) is 0 Å². The number of aliphatic hydroxyl groups excluding tert-OH is 1. The van der Waals surface area contributed by atoms with Crippen LogP contribution in [-0.2, 0) is 9.53 Å². The summed E-state index contributed by atoms with van der Waals surface area (Å²) in [6, 6.07) is -1.34. The third-order valence-corrected chi connectivity index (χ3v) is 1.11. The first kappa shape index (κ1) is 11.4. The van der Waals surface area contributed by atoms with Crippen LogP contribution in [0.5, 0.6) is 0 Å². The molecule has 0 aromatic carbocycles. The number of aliphatic hydroxyl groups is 1. The second-order valence-electron chi connectivity index (χ2n) is 2.10. The Labute approximate surface area is 74.8 Å². The first-order valence-electron chi connectivity index (χ1n) is 3.49. The molecule has 0 radical (unpaired) electrons. The number of rotatable bonds is 5. The second-order valence-corrected chi connectivity index (χ2v) is 2.10. The van der Waals surface area contributed by atoms with Gasteiger partial charge in [0.05, 0.1) is 6.61 Å². The lowest BCUT2D eigenvalue weighted by Crippen LogP contribution is -2.43. The van der Waals surface area contributed by atoms with Crippen molar-refractivity contribution < 1.29 is 24.5 Å². The highest BCUT2D eigenvalue weighted by atomic mass is 16.5. The molecule has 1 amide bonds. The number of carboxylic acids is 1. The molecule has 1 atom stereocenters. The number of aliphatic carboxylic acids is 1. The number of hydrogen-bond donors (Lipinski definition) is 3. The summed E-state index contributed by atoms with van der Waals surface area (Å²) in [5.41, 5.74) is 0. The van der Waals surface area contributed by atoms with E-state index in [1.807, 2.05) is 5.32 Å². The van der Waals surface area contributed by atoms with Crippen molar-refractivity contribution in [2.45, 2.75) is 6.04 Å². The van der Waals surface area contributed by atoms with Crippen molar-refractivity contribution in [3.05, 3.63) is 12.7 Å². The average molecular weight is 189 g/mol. The van der Waals surface area contributed by atoms with Gasteiger partial charge in [0.15, 0.2) is 6.04 Å². The van der Waals surface area contributed by atoms with Crippen molar-refractivity contribution in [3.8, 4) is 0 Å². The standard InChI is InChI=1S/C7H11NO5/c1-2-3-13-7(12)8-5(4-9)6(10)11/h2,5,9H,1,3-4H2,(H,8,12)(H,10,11)/t5-/m1/s1. The van der Waals surface area contributed by atoms with E-state index in [-0.39, 0.29) is 6.61 Å². The molecule has 3 N–H and O–H groups in total. The Morgan fingerprint density at radius 3 is 2.62 bits per heavy atom. The number of carbonyl (C=O) groups is 2. The van der Waals surface area contributed by atoms with E-state index in [0.717, 1.165) is 0 Å². The topological polar surface area (TPSA) is 95.9 Å². The third kappa shape index (κ3) is 4.81. The Hall–Kier alpha value is -1.56. The number of ether oxygens (including phenoxy) is 1. The molecule has 0 saturated heterocycles. The SMILES string of the molecule is C=CCOC(=O)N[C@H](CO)C(=O)O. The summed E-state index contributed by atoms with van der Waals surface area (Å²) < 4.78 is 4.43. The molecular weight excluding hydrogens is 178 g/mol. The van der Waals surface area contributed by atoms with Crippen LogP contribution in [0.4, 0.5) is 4.79 Å². The number of nitrogens with one attached hydrogen (secondary N) is 1. The molecule has 0 aliphatic carbocycles. The molecule has 0 aromatic heterocycles. The number of hydrogen-bond acceptors (Lipinski definition) is 4. The zero-order valence-corrected chi connectivity index (χ0v) is 6.90. The Kier molecular flexibility index (Phi) is 5.29. The van der Waals surface area contributed by atoms with Crippen LogP contribution in [0.3, 0.4) is 0 Å². The lowest BCUT2D eigenvalue weighted by Gasteiger charge is -2.10. The van der Waals surface area contributed by atoms with Crippen LogP contribution in [-0.4, -0.2) is 41.5 Å².